The minimum atomic E-state index is -0.109. The van der Waals surface area contributed by atoms with E-state index < -0.39 is 0 Å². The molecule has 132 heavy (non-hydrogen) atoms. The minimum Gasteiger partial charge on any atom is -0.395 e. The standard InChI is InChI=1S/C26H30N6O.C25H29N7O2.C25H30N6O2.C24H28N6O2/c1-3-19-13-20(16-31-15-18(2)27-26(19)31)23-14-25(33)32-17-22(7-8-24(32)28-23)30-11-9-29(10-12-30)21-5-4-6-21;1-4-20-23-9-22(28-32(23)11-16(2)26-20)21-10-25(33)31-13-18(5-6-24(31)27-21)29-7-8-30(17(3)12-29)19-14-34-15-19;1-4-19-11-20(15-30-13-17(2)26-25(19)30)22-12-24(33)31-16-21(5-6-23(31)27-22)29-8-7-28(9-10-32)18(3)14-29;1-3-18-12-19(15-29-14-17(2)25-24(18)29)21-13-23(32)30-16-20(4-5-22(30)26-21)28-8-6-27(7-9-28)10-11-31/h7-8,13-17,21H,3-6,9-12H2,1-2H3;5-6,9-11,13,17,19H,4,7-8,12,14-15H2,1-3H3;5-6,11-13,15-16,18,32H,4,7-10,14H2,1-3H3;4-5,12-16,31H,3,6-11H2,1-2H3/t;17-;18-;/m.11./s1. The lowest BCUT2D eigenvalue weighted by atomic mass is 9.91. The molecule has 1 aliphatic carbocycles. The molecule has 0 spiro atoms. The maximum atomic E-state index is 13.1. The smallest absolute Gasteiger partial charge is 0.258 e. The summed E-state index contributed by atoms with van der Waals surface area (Å²) in [7, 11) is 0. The van der Waals surface area contributed by atoms with Crippen molar-refractivity contribution in [3.05, 3.63) is 252 Å². The molecule has 6 fully saturated rings. The van der Waals surface area contributed by atoms with Gasteiger partial charge in [0.15, 0.2) is 0 Å². The van der Waals surface area contributed by atoms with Crippen molar-refractivity contribution in [3.8, 4) is 45.2 Å². The number of imidazole rings is 3. The Morgan fingerprint density at radius 2 is 0.780 bits per heavy atom. The summed E-state index contributed by atoms with van der Waals surface area (Å²) >= 11 is 0. The molecule has 16 aromatic rings. The number of piperazine rings is 4. The van der Waals surface area contributed by atoms with Crippen LogP contribution in [-0.4, -0.2) is 265 Å². The highest BCUT2D eigenvalue weighted by Crippen LogP contribution is 2.33. The Morgan fingerprint density at radius 1 is 0.379 bits per heavy atom. The maximum absolute atomic E-state index is 13.1. The molecule has 21 heterocycles. The number of anilines is 4. The fourth-order valence-corrected chi connectivity index (χ4v) is 19.7. The molecule has 2 atom stereocenters. The monoisotopic (exact) mass is 1780 g/mol. The van der Waals surface area contributed by atoms with Crippen molar-refractivity contribution in [2.75, 3.05) is 151 Å². The minimum absolute atomic E-state index is 0.0510. The zero-order valence-electron chi connectivity index (χ0n) is 77.1. The van der Waals surface area contributed by atoms with Crippen LogP contribution in [0.4, 0.5) is 22.7 Å². The van der Waals surface area contributed by atoms with Crippen LogP contribution in [-0.2, 0) is 30.4 Å². The van der Waals surface area contributed by atoms with Gasteiger partial charge in [0.2, 0.25) is 0 Å². The van der Waals surface area contributed by atoms with Gasteiger partial charge in [-0.15, -0.1) is 0 Å². The van der Waals surface area contributed by atoms with Gasteiger partial charge in [0.05, 0.1) is 118 Å². The Kier molecular flexibility index (Phi) is 25.2. The molecule has 0 aromatic carbocycles. The van der Waals surface area contributed by atoms with E-state index in [0.717, 1.165) is 244 Å². The maximum Gasteiger partial charge on any atom is 0.258 e. The van der Waals surface area contributed by atoms with Crippen LogP contribution in [0, 0.1) is 27.7 Å². The van der Waals surface area contributed by atoms with Gasteiger partial charge in [0, 0.05) is 226 Å². The van der Waals surface area contributed by atoms with Crippen molar-refractivity contribution in [3.63, 3.8) is 0 Å². The average molecular weight is 1780 g/mol. The molecule has 0 radical (unpaired) electrons. The molecule has 2 N–H and O–H groups in total. The normalized spacial score (nSPS) is 17.5. The number of aromatic nitrogens is 17. The zero-order valence-corrected chi connectivity index (χ0v) is 77.1. The van der Waals surface area contributed by atoms with Crippen LogP contribution in [0.2, 0.25) is 0 Å². The number of hydrogen-bond donors (Lipinski definition) is 2. The number of rotatable bonds is 18. The first-order valence-electron chi connectivity index (χ1n) is 46.8. The van der Waals surface area contributed by atoms with E-state index in [1.807, 2.05) is 156 Å². The van der Waals surface area contributed by atoms with Crippen LogP contribution in [0.25, 0.3) is 90.2 Å². The lowest BCUT2D eigenvalue weighted by Gasteiger charge is -2.47. The zero-order chi connectivity index (χ0) is 91.3. The lowest BCUT2D eigenvalue weighted by Crippen LogP contribution is -2.60. The number of aryl methyl sites for hydroxylation is 8. The average Bonchev–Trinajstić information content (AvgIpc) is 1.27. The molecule has 32 heteroatoms. The first kappa shape index (κ1) is 88.3. The SMILES string of the molecule is CCc1cc(-c2cc(=O)n3cc(N4CCN(C5CCC5)CC4)ccc3n2)cn2cc(C)nc12.CCc1cc(-c2cc(=O)n3cc(N4CCN(CCO)CC4)ccc3n2)cn2cc(C)nc12.CCc1cc(-c2cc(=O)n3cc(N4CCN(CCO)[C@H](C)C4)ccc3n2)cn2cc(C)nc12.CCc1nc(C)cn2nc(-c3cc(=O)n4cc(N5CCN(C6COC6)[C@H](C)C5)ccc4n3)cc12. The fraction of sp³-hybridized carbons (Fsp3) is 0.410. The van der Waals surface area contributed by atoms with Crippen molar-refractivity contribution >= 4 is 67.8 Å². The summed E-state index contributed by atoms with van der Waals surface area (Å²) in [6.07, 6.45) is 29.0. The van der Waals surface area contributed by atoms with Crippen molar-refractivity contribution in [1.29, 1.82) is 0 Å². The third-order valence-electron chi connectivity index (χ3n) is 27.2. The number of aliphatic hydroxyl groups excluding tert-OH is 2. The Labute approximate surface area is 764 Å². The number of ether oxygens (including phenoxy) is 1. The second-order valence-electron chi connectivity index (χ2n) is 36.0. The third kappa shape index (κ3) is 18.1. The summed E-state index contributed by atoms with van der Waals surface area (Å²) in [5.74, 6) is 0. The Balaban J connectivity index is 0.000000114. The van der Waals surface area contributed by atoms with Gasteiger partial charge < -0.3 is 47.8 Å². The molecule has 32 nitrogen and oxygen atoms in total. The molecular weight excluding hydrogens is 1660 g/mol. The summed E-state index contributed by atoms with van der Waals surface area (Å²) in [5.41, 5.74) is 24.5. The summed E-state index contributed by atoms with van der Waals surface area (Å²) in [6, 6.07) is 32.8. The quantitative estimate of drug-likeness (QED) is 0.0807. The summed E-state index contributed by atoms with van der Waals surface area (Å²) < 4.78 is 19.9. The molecule has 1 saturated carbocycles. The predicted octanol–water partition coefficient (Wildman–Crippen LogP) is 10.1. The van der Waals surface area contributed by atoms with Crippen LogP contribution in [0.15, 0.2) is 184 Å². The number of hydrogen-bond acceptors (Lipinski definition) is 24. The summed E-state index contributed by atoms with van der Waals surface area (Å²) in [5, 5.41) is 23.1. The number of nitrogens with zero attached hydrogens (tertiary/aromatic N) is 25. The van der Waals surface area contributed by atoms with Gasteiger partial charge in [0.25, 0.3) is 22.2 Å². The summed E-state index contributed by atoms with van der Waals surface area (Å²) in [6.45, 7) is 37.5. The van der Waals surface area contributed by atoms with Crippen molar-refractivity contribution in [2.24, 2.45) is 0 Å². The number of fused-ring (bicyclic) bond motifs is 8. The Hall–Kier alpha value is -13.0. The molecule has 5 aliphatic heterocycles. The van der Waals surface area contributed by atoms with Crippen LogP contribution in [0.3, 0.4) is 0 Å². The second kappa shape index (κ2) is 37.7. The van der Waals surface area contributed by atoms with E-state index in [-0.39, 0.29) is 35.5 Å². The third-order valence-corrected chi connectivity index (χ3v) is 27.2. The first-order chi connectivity index (χ1) is 64.1. The van der Waals surface area contributed by atoms with Gasteiger partial charge in [-0.2, -0.15) is 5.10 Å². The fourth-order valence-electron chi connectivity index (χ4n) is 19.7. The van der Waals surface area contributed by atoms with E-state index in [1.54, 1.807) is 41.9 Å². The lowest BCUT2D eigenvalue weighted by molar-refractivity contribution is -0.0792. The van der Waals surface area contributed by atoms with E-state index in [4.69, 9.17) is 29.8 Å². The van der Waals surface area contributed by atoms with Gasteiger partial charge >= 0.3 is 0 Å². The van der Waals surface area contributed by atoms with Gasteiger partial charge in [0.1, 0.15) is 45.2 Å². The molecule has 22 rings (SSSR count). The summed E-state index contributed by atoms with van der Waals surface area (Å²) in [4.78, 5) is 109. The Morgan fingerprint density at radius 3 is 1.17 bits per heavy atom. The molecule has 5 saturated heterocycles. The molecule has 0 amide bonds. The van der Waals surface area contributed by atoms with Crippen molar-refractivity contribution in [1.82, 2.24) is 99.9 Å². The first-order valence-corrected chi connectivity index (χ1v) is 46.8. The largest absolute Gasteiger partial charge is 0.395 e. The molecule has 0 bridgehead atoms. The molecule has 0 unspecified atom stereocenters. The van der Waals surface area contributed by atoms with Gasteiger partial charge in [-0.05, 0) is 170 Å². The number of pyridine rings is 7. The van der Waals surface area contributed by atoms with Crippen LogP contribution >= 0.6 is 0 Å². The van der Waals surface area contributed by atoms with Crippen molar-refractivity contribution in [2.45, 2.75) is 138 Å². The number of aliphatic hydroxyl groups is 2. The topological polar surface area (TPSA) is 295 Å². The molecule has 6 aliphatic rings. The highest BCUT2D eigenvalue weighted by Gasteiger charge is 2.35. The predicted molar refractivity (Wildman–Crippen MR) is 517 cm³/mol. The van der Waals surface area contributed by atoms with E-state index in [0.29, 0.717) is 82.3 Å². The van der Waals surface area contributed by atoms with Crippen LogP contribution in [0.1, 0.15) is 106 Å². The van der Waals surface area contributed by atoms with Crippen LogP contribution in [0.5, 0.6) is 0 Å². The van der Waals surface area contributed by atoms with E-state index >= 15 is 0 Å². The van der Waals surface area contributed by atoms with Crippen LogP contribution < -0.4 is 41.8 Å². The van der Waals surface area contributed by atoms with Gasteiger partial charge in [-0.25, -0.2) is 39.4 Å². The second-order valence-corrected chi connectivity index (χ2v) is 36.0. The van der Waals surface area contributed by atoms with E-state index in [9.17, 15) is 24.3 Å². The highest BCUT2D eigenvalue weighted by molar-refractivity contribution is 5.72. The van der Waals surface area contributed by atoms with E-state index in [2.05, 4.69) is 136 Å². The van der Waals surface area contributed by atoms with Gasteiger partial charge in [-0.3, -0.25) is 61.4 Å². The number of β-amino-alcohol motifs (C(OH)–C–C–N with tert-alkyl or cyclic N) is 2. The van der Waals surface area contributed by atoms with Gasteiger partial charge in [-0.1, -0.05) is 34.1 Å². The molecular formula is C100H117N25O7. The van der Waals surface area contributed by atoms with E-state index in [1.165, 1.54) is 19.3 Å². The van der Waals surface area contributed by atoms with Crippen molar-refractivity contribution < 1.29 is 14.9 Å². The molecule has 16 aromatic heterocycles. The Bertz CT molecular complexity index is 7240. The highest BCUT2D eigenvalue weighted by atomic mass is 16.5. The molecule has 684 valence electrons.